The third kappa shape index (κ3) is 3.57. The minimum atomic E-state index is 0.365. The van der Waals surface area contributed by atoms with Gasteiger partial charge in [0.1, 0.15) is 5.01 Å². The molecule has 0 spiro atoms. The zero-order chi connectivity index (χ0) is 16.2. The van der Waals surface area contributed by atoms with E-state index in [2.05, 4.69) is 25.3 Å². The first kappa shape index (κ1) is 15.2. The van der Waals surface area contributed by atoms with Gasteiger partial charge in [0.25, 0.3) is 5.88 Å². The van der Waals surface area contributed by atoms with Gasteiger partial charge in [0, 0.05) is 24.0 Å². The Labute approximate surface area is 137 Å². The largest absolute Gasteiger partial charge is 0.335 e. The fourth-order valence-corrected chi connectivity index (χ4v) is 2.93. The van der Waals surface area contributed by atoms with Crippen LogP contribution in [0.3, 0.4) is 0 Å². The number of nitrogens with zero attached hydrogens (tertiary/aromatic N) is 5. The van der Waals surface area contributed by atoms with E-state index < -0.39 is 0 Å². The van der Waals surface area contributed by atoms with Crippen LogP contribution < -0.4 is 4.84 Å². The average molecular weight is 325 g/mol. The fourth-order valence-electron chi connectivity index (χ4n) is 1.94. The van der Waals surface area contributed by atoms with Gasteiger partial charge >= 0.3 is 0 Å². The Hall–Kier alpha value is -2.67. The van der Waals surface area contributed by atoms with E-state index in [-0.39, 0.29) is 0 Å². The lowest BCUT2D eigenvalue weighted by Gasteiger charge is -1.99. The molecule has 7 heteroatoms. The summed E-state index contributed by atoms with van der Waals surface area (Å²) in [6, 6.07) is 7.44. The van der Waals surface area contributed by atoms with Gasteiger partial charge in [0.15, 0.2) is 0 Å². The number of pyridine rings is 1. The number of aryl methyl sites for hydroxylation is 2. The molecule has 0 unspecified atom stereocenters. The maximum atomic E-state index is 5.33. The number of aromatic nitrogens is 4. The maximum Gasteiger partial charge on any atom is 0.267 e. The van der Waals surface area contributed by atoms with Gasteiger partial charge in [-0.2, -0.15) is 5.10 Å². The van der Waals surface area contributed by atoms with E-state index in [1.54, 1.807) is 29.8 Å². The van der Waals surface area contributed by atoms with Gasteiger partial charge in [-0.25, -0.2) is 4.98 Å². The molecule has 116 valence electrons. The molecular weight excluding hydrogens is 310 g/mol. The molecule has 0 aliphatic heterocycles. The highest BCUT2D eigenvalue weighted by molar-refractivity contribution is 7.17. The molecule has 3 rings (SSSR count). The van der Waals surface area contributed by atoms with Gasteiger partial charge in [-0.1, -0.05) is 5.16 Å². The quantitative estimate of drug-likeness (QED) is 0.543. The molecule has 0 saturated heterocycles. The van der Waals surface area contributed by atoms with Crippen molar-refractivity contribution in [2.24, 2.45) is 5.16 Å². The lowest BCUT2D eigenvalue weighted by molar-refractivity contribution is 0.323. The van der Waals surface area contributed by atoms with Crippen LogP contribution in [0.5, 0.6) is 5.88 Å². The smallest absolute Gasteiger partial charge is 0.267 e. The van der Waals surface area contributed by atoms with Crippen LogP contribution in [0.25, 0.3) is 10.6 Å². The molecule has 0 fully saturated rings. The second-order valence-electron chi connectivity index (χ2n) is 4.96. The summed E-state index contributed by atoms with van der Waals surface area (Å²) in [5.74, 6) is 0.365. The standard InChI is InChI=1S/C16H15N5OS/c1-10-6-7-14(20-19-10)22-21-12(3)15-11(2)18-16(23-15)13-5-4-8-17-9-13/h4-9H,1-3H3/b21-12+. The van der Waals surface area contributed by atoms with Crippen LogP contribution in [0.4, 0.5) is 0 Å². The van der Waals surface area contributed by atoms with Crippen LogP contribution in [-0.2, 0) is 0 Å². The summed E-state index contributed by atoms with van der Waals surface area (Å²) in [5, 5.41) is 12.9. The molecule has 0 amide bonds. The number of oxime groups is 1. The number of rotatable bonds is 4. The molecule has 0 atom stereocenters. The van der Waals surface area contributed by atoms with Crippen molar-refractivity contribution in [2.45, 2.75) is 20.8 Å². The first-order chi connectivity index (χ1) is 11.1. The van der Waals surface area contributed by atoms with E-state index in [0.717, 1.165) is 32.5 Å². The Kier molecular flexibility index (Phi) is 4.38. The lowest BCUT2D eigenvalue weighted by atomic mass is 10.3. The molecule has 6 nitrogen and oxygen atoms in total. The molecule has 0 aromatic carbocycles. The second-order valence-corrected chi connectivity index (χ2v) is 5.96. The van der Waals surface area contributed by atoms with Crippen LogP contribution >= 0.6 is 11.3 Å². The average Bonchev–Trinajstić information content (AvgIpc) is 2.97. The first-order valence-electron chi connectivity index (χ1n) is 7.03. The van der Waals surface area contributed by atoms with Crippen molar-refractivity contribution in [3.63, 3.8) is 0 Å². The van der Waals surface area contributed by atoms with E-state index >= 15 is 0 Å². The predicted octanol–water partition coefficient (Wildman–Crippen LogP) is 3.41. The molecule has 3 heterocycles. The first-order valence-corrected chi connectivity index (χ1v) is 7.85. The number of thiazole rings is 1. The van der Waals surface area contributed by atoms with Crippen LogP contribution in [0.15, 0.2) is 41.8 Å². The van der Waals surface area contributed by atoms with Crippen LogP contribution in [0, 0.1) is 13.8 Å². The van der Waals surface area contributed by atoms with Gasteiger partial charge in [-0.15, -0.1) is 16.4 Å². The third-order valence-corrected chi connectivity index (χ3v) is 4.40. The summed E-state index contributed by atoms with van der Waals surface area (Å²) >= 11 is 1.56. The van der Waals surface area contributed by atoms with Crippen LogP contribution in [0.1, 0.15) is 23.2 Å². The van der Waals surface area contributed by atoms with E-state index in [1.807, 2.05) is 39.0 Å². The Morgan fingerprint density at radius 2 is 2.04 bits per heavy atom. The van der Waals surface area contributed by atoms with Crippen molar-refractivity contribution in [1.29, 1.82) is 0 Å². The van der Waals surface area contributed by atoms with Gasteiger partial charge < -0.3 is 4.84 Å². The van der Waals surface area contributed by atoms with E-state index in [9.17, 15) is 0 Å². The lowest BCUT2D eigenvalue weighted by Crippen LogP contribution is -1.99. The van der Waals surface area contributed by atoms with E-state index in [0.29, 0.717) is 5.88 Å². The van der Waals surface area contributed by atoms with Crippen molar-refractivity contribution < 1.29 is 4.84 Å². The fraction of sp³-hybridized carbons (Fsp3) is 0.188. The molecule has 0 radical (unpaired) electrons. The molecule has 0 aliphatic carbocycles. The molecule has 3 aromatic heterocycles. The van der Waals surface area contributed by atoms with Gasteiger partial charge in [-0.3, -0.25) is 4.98 Å². The predicted molar refractivity (Wildman–Crippen MR) is 89.7 cm³/mol. The Morgan fingerprint density at radius 1 is 1.17 bits per heavy atom. The summed E-state index contributed by atoms with van der Waals surface area (Å²) in [4.78, 5) is 15.0. The van der Waals surface area contributed by atoms with Crippen LogP contribution in [-0.4, -0.2) is 25.9 Å². The third-order valence-electron chi connectivity index (χ3n) is 3.08. The molecule has 3 aromatic rings. The number of hydrogen-bond acceptors (Lipinski definition) is 7. The SMILES string of the molecule is C/C(=N\Oc1ccc(C)nn1)c1sc(-c2cccnc2)nc1C. The molecule has 0 saturated carbocycles. The Bertz CT molecular complexity index is 827. The summed E-state index contributed by atoms with van der Waals surface area (Å²) in [5.41, 5.74) is 3.48. The van der Waals surface area contributed by atoms with Crippen molar-refractivity contribution in [1.82, 2.24) is 20.2 Å². The van der Waals surface area contributed by atoms with Crippen LogP contribution in [0.2, 0.25) is 0 Å². The highest BCUT2D eigenvalue weighted by Crippen LogP contribution is 2.27. The summed E-state index contributed by atoms with van der Waals surface area (Å²) in [6.07, 6.45) is 3.54. The molecule has 23 heavy (non-hydrogen) atoms. The highest BCUT2D eigenvalue weighted by atomic mass is 32.1. The molecule has 0 N–H and O–H groups in total. The van der Waals surface area contributed by atoms with Crippen molar-refractivity contribution in [3.05, 3.63) is 52.9 Å². The minimum absolute atomic E-state index is 0.365. The zero-order valence-electron chi connectivity index (χ0n) is 13.0. The van der Waals surface area contributed by atoms with E-state index in [1.165, 1.54) is 0 Å². The van der Waals surface area contributed by atoms with E-state index in [4.69, 9.17) is 4.84 Å². The van der Waals surface area contributed by atoms with Gasteiger partial charge in [0.2, 0.25) is 0 Å². The van der Waals surface area contributed by atoms with Crippen molar-refractivity contribution in [2.75, 3.05) is 0 Å². The molecule has 0 aliphatic rings. The Balaban J connectivity index is 1.82. The maximum absolute atomic E-state index is 5.33. The van der Waals surface area contributed by atoms with Crippen molar-refractivity contribution in [3.8, 4) is 16.5 Å². The topological polar surface area (TPSA) is 73.2 Å². The summed E-state index contributed by atoms with van der Waals surface area (Å²) in [7, 11) is 0. The highest BCUT2D eigenvalue weighted by Gasteiger charge is 2.12. The monoisotopic (exact) mass is 325 g/mol. The minimum Gasteiger partial charge on any atom is -0.335 e. The zero-order valence-corrected chi connectivity index (χ0v) is 13.8. The van der Waals surface area contributed by atoms with Gasteiger partial charge in [-0.05, 0) is 39.0 Å². The molecule has 0 bridgehead atoms. The Morgan fingerprint density at radius 3 is 2.74 bits per heavy atom. The normalized spacial score (nSPS) is 11.5. The summed E-state index contributed by atoms with van der Waals surface area (Å²) < 4.78 is 0. The van der Waals surface area contributed by atoms with Crippen molar-refractivity contribution >= 4 is 17.0 Å². The number of hydrogen-bond donors (Lipinski definition) is 0. The summed E-state index contributed by atoms with van der Waals surface area (Å²) in [6.45, 7) is 5.71. The molecular formula is C16H15N5OS. The second kappa shape index (κ2) is 6.62. The van der Waals surface area contributed by atoms with Gasteiger partial charge in [0.05, 0.1) is 22.0 Å².